The lowest BCUT2D eigenvalue weighted by molar-refractivity contribution is -0.154. The van der Waals surface area contributed by atoms with E-state index in [0.717, 1.165) is 37.7 Å². The molecule has 37 heavy (non-hydrogen) atoms. The molecule has 4 heteroatoms. The van der Waals surface area contributed by atoms with Gasteiger partial charge in [-0.2, -0.15) is 0 Å². The summed E-state index contributed by atoms with van der Waals surface area (Å²) in [5.41, 5.74) is 3.30. The van der Waals surface area contributed by atoms with Crippen molar-refractivity contribution < 1.29 is 19.1 Å². The van der Waals surface area contributed by atoms with E-state index in [9.17, 15) is 9.59 Å². The lowest BCUT2D eigenvalue weighted by Gasteiger charge is -2.54. The first-order valence-electron chi connectivity index (χ1n) is 13.4. The van der Waals surface area contributed by atoms with Crippen molar-refractivity contribution >= 4 is 11.9 Å². The first-order chi connectivity index (χ1) is 17.7. The number of aryl methyl sites for hydroxylation is 1. The van der Waals surface area contributed by atoms with Gasteiger partial charge in [0, 0.05) is 0 Å². The summed E-state index contributed by atoms with van der Waals surface area (Å²) < 4.78 is 11.7. The van der Waals surface area contributed by atoms with Crippen LogP contribution in [0.5, 0.6) is 11.5 Å². The van der Waals surface area contributed by atoms with Crippen LogP contribution in [0.1, 0.15) is 86.3 Å². The number of ether oxygens (including phenoxy) is 2. The summed E-state index contributed by atoms with van der Waals surface area (Å²) in [7, 11) is 0. The summed E-state index contributed by atoms with van der Waals surface area (Å²) in [5.74, 6) is 0.959. The molecule has 3 aromatic carbocycles. The summed E-state index contributed by atoms with van der Waals surface area (Å²) >= 11 is 0. The lowest BCUT2D eigenvalue weighted by atomic mass is 9.49. The first-order valence-corrected chi connectivity index (χ1v) is 13.4. The molecule has 0 bridgehead atoms. The van der Waals surface area contributed by atoms with Gasteiger partial charge >= 0.3 is 11.9 Å². The van der Waals surface area contributed by atoms with Crippen LogP contribution >= 0.6 is 0 Å². The minimum absolute atomic E-state index is 0.125. The van der Waals surface area contributed by atoms with Gasteiger partial charge in [-0.3, -0.25) is 4.79 Å². The van der Waals surface area contributed by atoms with Crippen molar-refractivity contribution in [2.75, 3.05) is 0 Å². The van der Waals surface area contributed by atoms with Crippen molar-refractivity contribution in [3.63, 3.8) is 0 Å². The van der Waals surface area contributed by atoms with E-state index in [1.807, 2.05) is 48.5 Å². The van der Waals surface area contributed by atoms with Crippen LogP contribution < -0.4 is 9.47 Å². The first kappa shape index (κ1) is 25.3. The van der Waals surface area contributed by atoms with Crippen LogP contribution in [0.4, 0.5) is 0 Å². The smallest absolute Gasteiger partial charge is 0.343 e. The average molecular weight is 497 g/mol. The summed E-state index contributed by atoms with van der Waals surface area (Å²) in [6.07, 6.45) is 4.53. The van der Waals surface area contributed by atoms with Gasteiger partial charge in [-0.25, -0.2) is 4.79 Å². The van der Waals surface area contributed by atoms with Crippen molar-refractivity contribution in [2.24, 2.45) is 11.3 Å². The summed E-state index contributed by atoms with van der Waals surface area (Å²) in [6, 6.07) is 22.9. The van der Waals surface area contributed by atoms with E-state index >= 15 is 0 Å². The molecule has 4 nitrogen and oxygen atoms in total. The molecule has 2 aliphatic rings. The molecule has 1 saturated carbocycles. The van der Waals surface area contributed by atoms with Crippen LogP contribution in [0.2, 0.25) is 0 Å². The normalized spacial score (nSPS) is 24.6. The fraction of sp³-hybridized carbons (Fsp3) is 0.394. The van der Waals surface area contributed by atoms with Crippen LogP contribution in [0.3, 0.4) is 0 Å². The van der Waals surface area contributed by atoms with Crippen molar-refractivity contribution in [3.05, 3.63) is 95.1 Å². The van der Waals surface area contributed by atoms with Crippen LogP contribution in [0, 0.1) is 11.3 Å². The zero-order chi connectivity index (χ0) is 26.2. The predicted molar refractivity (Wildman–Crippen MR) is 145 cm³/mol. The maximum absolute atomic E-state index is 13.6. The van der Waals surface area contributed by atoms with E-state index in [1.54, 1.807) is 12.1 Å². The van der Waals surface area contributed by atoms with Gasteiger partial charge in [0.25, 0.3) is 0 Å². The Morgan fingerprint density at radius 2 is 1.49 bits per heavy atom. The van der Waals surface area contributed by atoms with Crippen molar-refractivity contribution in [1.29, 1.82) is 0 Å². The number of esters is 2. The number of hydrogen-bond donors (Lipinski definition) is 0. The highest BCUT2D eigenvalue weighted by Gasteiger charge is 2.56. The Bertz CT molecular complexity index is 1300. The van der Waals surface area contributed by atoms with E-state index in [-0.39, 0.29) is 29.2 Å². The monoisotopic (exact) mass is 496 g/mol. The Morgan fingerprint density at radius 1 is 0.865 bits per heavy atom. The zero-order valence-corrected chi connectivity index (χ0v) is 22.3. The highest BCUT2D eigenvalue weighted by Crippen LogP contribution is 2.58. The van der Waals surface area contributed by atoms with Crippen molar-refractivity contribution in [2.45, 2.75) is 71.1 Å². The summed E-state index contributed by atoms with van der Waals surface area (Å²) in [4.78, 5) is 27.1. The van der Waals surface area contributed by atoms with E-state index < -0.39 is 5.41 Å². The third-order valence-electron chi connectivity index (χ3n) is 8.74. The molecule has 5 rings (SSSR count). The maximum Gasteiger partial charge on any atom is 0.343 e. The largest absolute Gasteiger partial charge is 0.426 e. The van der Waals surface area contributed by atoms with E-state index in [0.29, 0.717) is 17.1 Å². The standard InChI is InChI=1S/C33H36O4/c1-22(2)26-20-23-16-17-29-32(3,28(23)21-27(26)30(34)36-24-12-7-5-8-13-24)18-11-19-33(29,4)31(35)37-25-14-9-6-10-15-25/h5-10,12-15,20-22,29H,11,16-19H2,1-4H3. The van der Waals surface area contributed by atoms with Gasteiger partial charge in [0.1, 0.15) is 11.5 Å². The Kier molecular flexibility index (Phi) is 6.70. The predicted octanol–water partition coefficient (Wildman–Crippen LogP) is 7.65. The molecule has 0 radical (unpaired) electrons. The third kappa shape index (κ3) is 4.58. The molecule has 0 spiro atoms. The number of para-hydroxylation sites is 2. The fourth-order valence-corrected chi connectivity index (χ4v) is 6.80. The second kappa shape index (κ2) is 9.81. The SMILES string of the molecule is CC(C)c1cc2c(cc1C(=O)Oc1ccccc1)C1(C)CCCC(C)(C(=O)Oc3ccccc3)C1CC2. The van der Waals surface area contributed by atoms with Crippen molar-refractivity contribution in [3.8, 4) is 11.5 Å². The molecule has 2 aliphatic carbocycles. The second-order valence-electron chi connectivity index (χ2n) is 11.4. The molecule has 0 amide bonds. The van der Waals surface area contributed by atoms with Gasteiger partial charge in [-0.1, -0.05) is 69.7 Å². The highest BCUT2D eigenvalue weighted by molar-refractivity contribution is 5.93. The Hall–Kier alpha value is -3.40. The van der Waals surface area contributed by atoms with E-state index in [2.05, 4.69) is 39.8 Å². The van der Waals surface area contributed by atoms with E-state index in [1.165, 1.54) is 11.1 Å². The third-order valence-corrected chi connectivity index (χ3v) is 8.74. The van der Waals surface area contributed by atoms with Gasteiger partial charge in [-0.15, -0.1) is 0 Å². The Labute approximate surface area is 220 Å². The quantitative estimate of drug-likeness (QED) is 0.269. The molecule has 0 heterocycles. The highest BCUT2D eigenvalue weighted by atomic mass is 16.5. The van der Waals surface area contributed by atoms with Crippen LogP contribution in [0.25, 0.3) is 0 Å². The van der Waals surface area contributed by atoms with Crippen LogP contribution in [-0.2, 0) is 16.6 Å². The van der Waals surface area contributed by atoms with Gasteiger partial charge in [-0.05, 0) is 96.9 Å². The molecule has 1 fully saturated rings. The number of carbonyl (C=O) groups excluding carboxylic acids is 2. The summed E-state index contributed by atoms with van der Waals surface area (Å²) in [6.45, 7) is 8.60. The topological polar surface area (TPSA) is 52.6 Å². The fourth-order valence-electron chi connectivity index (χ4n) is 6.80. The molecule has 192 valence electrons. The maximum atomic E-state index is 13.6. The minimum Gasteiger partial charge on any atom is -0.426 e. The average Bonchev–Trinajstić information content (AvgIpc) is 2.89. The number of hydrogen-bond acceptors (Lipinski definition) is 4. The van der Waals surface area contributed by atoms with Gasteiger partial charge in [0.15, 0.2) is 0 Å². The zero-order valence-electron chi connectivity index (χ0n) is 22.3. The molecular weight excluding hydrogens is 460 g/mol. The lowest BCUT2D eigenvalue weighted by Crippen LogP contribution is -2.53. The second-order valence-corrected chi connectivity index (χ2v) is 11.4. The number of fused-ring (bicyclic) bond motifs is 3. The Balaban J connectivity index is 1.52. The van der Waals surface area contributed by atoms with Crippen molar-refractivity contribution in [1.82, 2.24) is 0 Å². The molecule has 0 aromatic heterocycles. The number of rotatable bonds is 5. The molecule has 0 aliphatic heterocycles. The number of carbonyl (C=O) groups is 2. The van der Waals surface area contributed by atoms with Crippen LogP contribution in [0.15, 0.2) is 72.8 Å². The van der Waals surface area contributed by atoms with E-state index in [4.69, 9.17) is 9.47 Å². The summed E-state index contributed by atoms with van der Waals surface area (Å²) in [5, 5.41) is 0. The molecule has 3 atom stereocenters. The Morgan fingerprint density at radius 3 is 2.11 bits per heavy atom. The molecule has 3 unspecified atom stereocenters. The molecule has 3 aromatic rings. The van der Waals surface area contributed by atoms with Gasteiger partial charge < -0.3 is 9.47 Å². The molecular formula is C33H36O4. The van der Waals surface area contributed by atoms with Gasteiger partial charge in [0.2, 0.25) is 0 Å². The minimum atomic E-state index is -0.595. The van der Waals surface area contributed by atoms with Crippen LogP contribution in [-0.4, -0.2) is 11.9 Å². The molecule has 0 N–H and O–H groups in total. The van der Waals surface area contributed by atoms with Gasteiger partial charge in [0.05, 0.1) is 11.0 Å². The molecule has 0 saturated heterocycles. The number of benzene rings is 3.